The second-order valence-corrected chi connectivity index (χ2v) is 6.42. The zero-order valence-electron chi connectivity index (χ0n) is 14.2. The van der Waals surface area contributed by atoms with Crippen LogP contribution in [0.2, 0.25) is 0 Å². The zero-order chi connectivity index (χ0) is 17.8. The summed E-state index contributed by atoms with van der Waals surface area (Å²) in [5.74, 6) is -0.995. The van der Waals surface area contributed by atoms with E-state index in [0.29, 0.717) is 18.7 Å². The van der Waals surface area contributed by atoms with E-state index in [1.54, 1.807) is 17.0 Å². The van der Waals surface area contributed by atoms with Gasteiger partial charge in [-0.2, -0.15) is 0 Å². The molecule has 3 rings (SSSR count). The van der Waals surface area contributed by atoms with Gasteiger partial charge < -0.3 is 14.9 Å². The van der Waals surface area contributed by atoms with Crippen molar-refractivity contribution in [1.29, 1.82) is 0 Å². The van der Waals surface area contributed by atoms with Crippen molar-refractivity contribution in [3.63, 3.8) is 0 Å². The molecule has 0 aliphatic carbocycles. The molecule has 2 aromatic carbocycles. The molecule has 1 saturated heterocycles. The monoisotopic (exact) mass is 338 g/mol. The van der Waals surface area contributed by atoms with Crippen LogP contribution in [-0.4, -0.2) is 47.1 Å². The van der Waals surface area contributed by atoms with E-state index in [-0.39, 0.29) is 24.4 Å². The van der Waals surface area contributed by atoms with E-state index in [1.165, 1.54) is 0 Å². The maximum absolute atomic E-state index is 13.0. The minimum Gasteiger partial charge on any atom is -0.481 e. The van der Waals surface area contributed by atoms with Crippen molar-refractivity contribution < 1.29 is 14.7 Å². The molecule has 1 amide bonds. The average Bonchev–Trinajstić information content (AvgIpc) is 2.62. The summed E-state index contributed by atoms with van der Waals surface area (Å²) in [5, 5.41) is 9.32. The largest absolute Gasteiger partial charge is 0.481 e. The lowest BCUT2D eigenvalue weighted by atomic mass is 10.0. The molecule has 0 spiro atoms. The van der Waals surface area contributed by atoms with Crippen molar-refractivity contribution >= 4 is 17.6 Å². The number of anilines is 1. The lowest BCUT2D eigenvalue weighted by molar-refractivity contribution is -0.138. The second kappa shape index (κ2) is 7.38. The van der Waals surface area contributed by atoms with Gasteiger partial charge in [-0.15, -0.1) is 0 Å². The molecule has 5 heteroatoms. The number of rotatable bonds is 4. The summed E-state index contributed by atoms with van der Waals surface area (Å²) >= 11 is 0. The molecule has 1 N–H and O–H groups in total. The van der Waals surface area contributed by atoms with Crippen LogP contribution in [0.15, 0.2) is 60.7 Å². The Morgan fingerprint density at radius 3 is 2.20 bits per heavy atom. The lowest BCUT2D eigenvalue weighted by Gasteiger charge is -2.46. The third-order valence-corrected chi connectivity index (χ3v) is 4.57. The number of hydrogen-bond donors (Lipinski definition) is 1. The van der Waals surface area contributed by atoms with Gasteiger partial charge in [0, 0.05) is 30.4 Å². The Balaban J connectivity index is 1.87. The van der Waals surface area contributed by atoms with Crippen LogP contribution >= 0.6 is 0 Å². The van der Waals surface area contributed by atoms with Crippen LogP contribution in [0.3, 0.4) is 0 Å². The number of nitrogens with zero attached hydrogens (tertiary/aromatic N) is 2. The van der Waals surface area contributed by atoms with Crippen LogP contribution in [0, 0.1) is 0 Å². The van der Waals surface area contributed by atoms with Crippen LogP contribution in [0.25, 0.3) is 0 Å². The predicted octanol–water partition coefficient (Wildman–Crippen LogP) is 2.88. The quantitative estimate of drug-likeness (QED) is 0.931. The molecule has 1 heterocycles. The third-order valence-electron chi connectivity index (χ3n) is 4.57. The Morgan fingerprint density at radius 2 is 1.60 bits per heavy atom. The Morgan fingerprint density at radius 1 is 1.00 bits per heavy atom. The van der Waals surface area contributed by atoms with Crippen LogP contribution in [0.5, 0.6) is 0 Å². The summed E-state index contributed by atoms with van der Waals surface area (Å²) in [6.45, 7) is 3.17. The molecular formula is C20H22N2O3. The lowest BCUT2D eigenvalue weighted by Crippen LogP contribution is -2.60. The Kier molecular flexibility index (Phi) is 5.03. The number of benzene rings is 2. The van der Waals surface area contributed by atoms with E-state index in [4.69, 9.17) is 0 Å². The van der Waals surface area contributed by atoms with Gasteiger partial charge in [-0.3, -0.25) is 9.59 Å². The van der Waals surface area contributed by atoms with Gasteiger partial charge in [0.05, 0.1) is 12.5 Å². The van der Waals surface area contributed by atoms with Gasteiger partial charge >= 0.3 is 5.97 Å². The number of carbonyl (C=O) groups is 2. The number of hydrogen-bond acceptors (Lipinski definition) is 3. The molecule has 5 nitrogen and oxygen atoms in total. The Hall–Kier alpha value is -2.82. The SMILES string of the molecule is C[C@H]1CN(c2ccccc2)C[C@@H](CC(=O)O)N1C(=O)c1ccccc1. The van der Waals surface area contributed by atoms with E-state index in [0.717, 1.165) is 5.69 Å². The molecule has 1 aliphatic heterocycles. The van der Waals surface area contributed by atoms with Gasteiger partial charge in [-0.1, -0.05) is 36.4 Å². The van der Waals surface area contributed by atoms with Crippen LogP contribution < -0.4 is 4.90 Å². The number of carboxylic acids is 1. The van der Waals surface area contributed by atoms with Gasteiger partial charge in [0.15, 0.2) is 0 Å². The Labute approximate surface area is 147 Å². The number of carbonyl (C=O) groups excluding carboxylic acids is 1. The predicted molar refractivity (Wildman–Crippen MR) is 96.8 cm³/mol. The van der Waals surface area contributed by atoms with Crippen LogP contribution in [-0.2, 0) is 4.79 Å². The zero-order valence-corrected chi connectivity index (χ0v) is 14.2. The standard InChI is InChI=1S/C20H22N2O3/c1-15-13-21(17-10-6-3-7-11-17)14-18(12-19(23)24)22(15)20(25)16-8-4-2-5-9-16/h2-11,15,18H,12-14H2,1H3,(H,23,24)/t15-,18+/m0/s1. The van der Waals surface area contributed by atoms with E-state index in [1.807, 2.05) is 55.5 Å². The molecular weight excluding hydrogens is 316 g/mol. The normalized spacial score (nSPS) is 20.4. The van der Waals surface area contributed by atoms with Crippen molar-refractivity contribution in [1.82, 2.24) is 4.90 Å². The fourth-order valence-electron chi connectivity index (χ4n) is 3.49. The van der Waals surface area contributed by atoms with Crippen molar-refractivity contribution in [3.05, 3.63) is 66.2 Å². The van der Waals surface area contributed by atoms with Crippen molar-refractivity contribution in [2.45, 2.75) is 25.4 Å². The molecule has 130 valence electrons. The van der Waals surface area contributed by atoms with E-state index >= 15 is 0 Å². The van der Waals surface area contributed by atoms with Crippen molar-refractivity contribution in [2.24, 2.45) is 0 Å². The smallest absolute Gasteiger partial charge is 0.305 e. The molecule has 0 unspecified atom stereocenters. The summed E-state index contributed by atoms with van der Waals surface area (Å²) < 4.78 is 0. The molecule has 2 aromatic rings. The number of amides is 1. The number of piperazine rings is 1. The maximum atomic E-state index is 13.0. The molecule has 0 bridgehead atoms. The van der Waals surface area contributed by atoms with E-state index in [9.17, 15) is 14.7 Å². The molecule has 25 heavy (non-hydrogen) atoms. The topological polar surface area (TPSA) is 60.9 Å². The summed E-state index contributed by atoms with van der Waals surface area (Å²) in [7, 11) is 0. The third kappa shape index (κ3) is 3.82. The van der Waals surface area contributed by atoms with Crippen molar-refractivity contribution in [2.75, 3.05) is 18.0 Å². The van der Waals surface area contributed by atoms with Gasteiger partial charge in [0.25, 0.3) is 5.91 Å². The summed E-state index contributed by atoms with van der Waals surface area (Å²) in [6.07, 6.45) is -0.0632. The number of para-hydroxylation sites is 1. The highest BCUT2D eigenvalue weighted by atomic mass is 16.4. The first kappa shape index (κ1) is 17.0. The first-order valence-corrected chi connectivity index (χ1v) is 8.45. The highest BCUT2D eigenvalue weighted by Gasteiger charge is 2.36. The van der Waals surface area contributed by atoms with Crippen molar-refractivity contribution in [3.8, 4) is 0 Å². The van der Waals surface area contributed by atoms with Gasteiger partial charge in [-0.25, -0.2) is 0 Å². The molecule has 1 aliphatic rings. The number of carboxylic acid groups (broad SMARTS) is 1. The number of aliphatic carboxylic acids is 1. The first-order valence-electron chi connectivity index (χ1n) is 8.45. The highest BCUT2D eigenvalue weighted by Crippen LogP contribution is 2.25. The fraction of sp³-hybridized carbons (Fsp3) is 0.300. The average molecular weight is 338 g/mol. The highest BCUT2D eigenvalue weighted by molar-refractivity contribution is 5.95. The van der Waals surface area contributed by atoms with Gasteiger partial charge in [0.2, 0.25) is 0 Å². The van der Waals surface area contributed by atoms with Crippen LogP contribution in [0.4, 0.5) is 5.69 Å². The first-order chi connectivity index (χ1) is 12.1. The molecule has 0 radical (unpaired) electrons. The minimum atomic E-state index is -0.891. The van der Waals surface area contributed by atoms with Gasteiger partial charge in [-0.05, 0) is 31.2 Å². The molecule has 2 atom stereocenters. The minimum absolute atomic E-state index is 0.0632. The van der Waals surface area contributed by atoms with E-state index < -0.39 is 5.97 Å². The van der Waals surface area contributed by atoms with E-state index in [2.05, 4.69) is 4.90 Å². The summed E-state index contributed by atoms with van der Waals surface area (Å²) in [6, 6.07) is 18.5. The summed E-state index contributed by atoms with van der Waals surface area (Å²) in [5.41, 5.74) is 1.65. The molecule has 0 saturated carbocycles. The molecule has 0 aromatic heterocycles. The Bertz CT molecular complexity index is 733. The summed E-state index contributed by atoms with van der Waals surface area (Å²) in [4.78, 5) is 28.2. The molecule has 1 fully saturated rings. The fourth-order valence-corrected chi connectivity index (χ4v) is 3.49. The second-order valence-electron chi connectivity index (χ2n) is 6.42. The van der Waals surface area contributed by atoms with Gasteiger partial charge in [0.1, 0.15) is 0 Å². The maximum Gasteiger partial charge on any atom is 0.305 e. The van der Waals surface area contributed by atoms with Crippen LogP contribution in [0.1, 0.15) is 23.7 Å².